The van der Waals surface area contributed by atoms with E-state index < -0.39 is 0 Å². The van der Waals surface area contributed by atoms with Gasteiger partial charge in [0.2, 0.25) is 0 Å². The molecule has 1 aliphatic carbocycles. The van der Waals surface area contributed by atoms with Gasteiger partial charge in [0, 0.05) is 0 Å². The number of hydrogen-bond donors (Lipinski definition) is 0. The highest BCUT2D eigenvalue weighted by Crippen LogP contribution is 2.61. The second kappa shape index (κ2) is 3.16. The zero-order valence-corrected chi connectivity index (χ0v) is 8.48. The van der Waals surface area contributed by atoms with Crippen LogP contribution in [0, 0.1) is 17.3 Å². The van der Waals surface area contributed by atoms with Crippen LogP contribution in [0.4, 0.5) is 0 Å². The predicted octanol–water partition coefficient (Wildman–Crippen LogP) is 3.86. The molecule has 1 fully saturated rings. The third-order valence-electron chi connectivity index (χ3n) is 3.82. The molecule has 0 saturated heterocycles. The molecule has 11 heavy (non-hydrogen) atoms. The molecule has 1 aliphatic rings. The largest absolute Gasteiger partial charge is 0.0654 e. The van der Waals surface area contributed by atoms with Crippen molar-refractivity contribution in [2.75, 3.05) is 0 Å². The molecular weight excluding hydrogens is 132 g/mol. The normalized spacial score (nSPS) is 38.7. The lowest BCUT2D eigenvalue weighted by Crippen LogP contribution is -2.13. The lowest BCUT2D eigenvalue weighted by Gasteiger charge is -2.22. The van der Waals surface area contributed by atoms with Crippen molar-refractivity contribution in [2.45, 2.75) is 53.4 Å². The van der Waals surface area contributed by atoms with E-state index in [4.69, 9.17) is 0 Å². The summed E-state index contributed by atoms with van der Waals surface area (Å²) in [5.74, 6) is 1.97. The van der Waals surface area contributed by atoms with Crippen LogP contribution in [0.2, 0.25) is 0 Å². The molecule has 3 atom stereocenters. The highest BCUT2D eigenvalue weighted by molar-refractivity contribution is 5.01. The Bertz CT molecular complexity index is 128. The highest BCUT2D eigenvalue weighted by atomic mass is 14.6. The second-order valence-electron chi connectivity index (χ2n) is 4.40. The lowest BCUT2D eigenvalue weighted by molar-refractivity contribution is 0.275. The van der Waals surface area contributed by atoms with Crippen LogP contribution in [0.25, 0.3) is 0 Å². The third kappa shape index (κ3) is 1.45. The van der Waals surface area contributed by atoms with E-state index in [1.165, 1.54) is 25.7 Å². The van der Waals surface area contributed by atoms with E-state index in [0.29, 0.717) is 0 Å². The molecule has 0 amide bonds. The molecule has 0 nitrogen and oxygen atoms in total. The molecule has 3 unspecified atom stereocenters. The minimum Gasteiger partial charge on any atom is -0.0654 e. The number of rotatable bonds is 4. The van der Waals surface area contributed by atoms with Crippen molar-refractivity contribution in [3.05, 3.63) is 0 Å². The van der Waals surface area contributed by atoms with Crippen molar-refractivity contribution >= 4 is 0 Å². The van der Waals surface area contributed by atoms with Gasteiger partial charge in [-0.2, -0.15) is 0 Å². The molecule has 0 spiro atoms. The van der Waals surface area contributed by atoms with Crippen LogP contribution in [0.1, 0.15) is 53.4 Å². The summed E-state index contributed by atoms with van der Waals surface area (Å²) in [4.78, 5) is 0. The van der Waals surface area contributed by atoms with Gasteiger partial charge in [-0.3, -0.25) is 0 Å². The van der Waals surface area contributed by atoms with Gasteiger partial charge < -0.3 is 0 Å². The Morgan fingerprint density at radius 2 is 2.00 bits per heavy atom. The summed E-state index contributed by atoms with van der Waals surface area (Å²) in [6.07, 6.45) is 5.69. The first-order valence-electron chi connectivity index (χ1n) is 5.17. The van der Waals surface area contributed by atoms with E-state index in [1.807, 2.05) is 0 Å². The summed E-state index contributed by atoms with van der Waals surface area (Å²) in [6, 6.07) is 0. The van der Waals surface area contributed by atoms with Gasteiger partial charge in [-0.05, 0) is 30.1 Å². The molecule has 0 heteroatoms. The molecule has 1 saturated carbocycles. The van der Waals surface area contributed by atoms with E-state index in [-0.39, 0.29) is 0 Å². The average molecular weight is 154 g/mol. The summed E-state index contributed by atoms with van der Waals surface area (Å²) in [7, 11) is 0. The Morgan fingerprint density at radius 1 is 1.45 bits per heavy atom. The van der Waals surface area contributed by atoms with Gasteiger partial charge >= 0.3 is 0 Å². The Morgan fingerprint density at radius 3 is 2.27 bits per heavy atom. The van der Waals surface area contributed by atoms with Gasteiger partial charge in [0.1, 0.15) is 0 Å². The minimum atomic E-state index is 0.767. The zero-order chi connectivity index (χ0) is 8.48. The average Bonchev–Trinajstić information content (AvgIpc) is 2.62. The van der Waals surface area contributed by atoms with Crippen LogP contribution < -0.4 is 0 Å². The van der Waals surface area contributed by atoms with Crippen molar-refractivity contribution in [1.82, 2.24) is 0 Å². The standard InChI is InChI=1S/C11H22/c1-5-7-11(8-10(11)4)9(3)6-2/h9-10H,5-8H2,1-4H3. The fourth-order valence-electron chi connectivity index (χ4n) is 2.66. The maximum absolute atomic E-state index is 2.43. The van der Waals surface area contributed by atoms with Crippen molar-refractivity contribution < 1.29 is 0 Å². The molecule has 0 aromatic rings. The van der Waals surface area contributed by atoms with Crippen LogP contribution in [0.3, 0.4) is 0 Å². The predicted molar refractivity (Wildman–Crippen MR) is 50.6 cm³/mol. The molecule has 0 radical (unpaired) electrons. The van der Waals surface area contributed by atoms with Crippen molar-refractivity contribution in [3.8, 4) is 0 Å². The fraction of sp³-hybridized carbons (Fsp3) is 1.00. The van der Waals surface area contributed by atoms with Crippen molar-refractivity contribution in [3.63, 3.8) is 0 Å². The molecule has 0 bridgehead atoms. The first-order valence-corrected chi connectivity index (χ1v) is 5.17. The quantitative estimate of drug-likeness (QED) is 0.577. The van der Waals surface area contributed by atoms with E-state index in [2.05, 4.69) is 27.7 Å². The Labute approximate surface area is 71.4 Å². The topological polar surface area (TPSA) is 0 Å². The molecule has 1 rings (SSSR count). The summed E-state index contributed by atoms with van der Waals surface area (Å²) >= 11 is 0. The SMILES string of the molecule is CCCC1(C(C)CC)CC1C. The summed E-state index contributed by atoms with van der Waals surface area (Å²) in [5, 5.41) is 0. The first-order chi connectivity index (χ1) is 5.17. The van der Waals surface area contributed by atoms with Crippen molar-refractivity contribution in [2.24, 2.45) is 17.3 Å². The molecule has 0 aliphatic heterocycles. The molecule has 66 valence electrons. The molecular formula is C11H22. The van der Waals surface area contributed by atoms with Gasteiger partial charge in [-0.25, -0.2) is 0 Å². The van der Waals surface area contributed by atoms with Crippen LogP contribution in [0.5, 0.6) is 0 Å². The molecule has 0 aromatic carbocycles. The van der Waals surface area contributed by atoms with Crippen molar-refractivity contribution in [1.29, 1.82) is 0 Å². The first kappa shape index (κ1) is 9.09. The maximum atomic E-state index is 2.43. The summed E-state index contributed by atoms with van der Waals surface area (Å²) in [5.41, 5.74) is 0.767. The van der Waals surface area contributed by atoms with E-state index in [1.54, 1.807) is 0 Å². The molecule has 0 N–H and O–H groups in total. The van der Waals surface area contributed by atoms with Gasteiger partial charge in [0.25, 0.3) is 0 Å². The van der Waals surface area contributed by atoms with E-state index in [0.717, 1.165) is 17.3 Å². The van der Waals surface area contributed by atoms with Crippen LogP contribution >= 0.6 is 0 Å². The summed E-state index contributed by atoms with van der Waals surface area (Å²) in [6.45, 7) is 9.49. The third-order valence-corrected chi connectivity index (χ3v) is 3.82. The van der Waals surface area contributed by atoms with Crippen LogP contribution in [-0.4, -0.2) is 0 Å². The Balaban J connectivity index is 2.48. The lowest BCUT2D eigenvalue weighted by atomic mass is 9.83. The zero-order valence-electron chi connectivity index (χ0n) is 8.48. The van der Waals surface area contributed by atoms with Gasteiger partial charge in [-0.15, -0.1) is 0 Å². The Hall–Kier alpha value is 0. The van der Waals surface area contributed by atoms with E-state index >= 15 is 0 Å². The second-order valence-corrected chi connectivity index (χ2v) is 4.40. The van der Waals surface area contributed by atoms with Gasteiger partial charge in [-0.1, -0.05) is 40.5 Å². The van der Waals surface area contributed by atoms with Gasteiger partial charge in [0.05, 0.1) is 0 Å². The number of hydrogen-bond acceptors (Lipinski definition) is 0. The maximum Gasteiger partial charge on any atom is -0.0243 e. The monoisotopic (exact) mass is 154 g/mol. The van der Waals surface area contributed by atoms with E-state index in [9.17, 15) is 0 Å². The van der Waals surface area contributed by atoms with Crippen LogP contribution in [-0.2, 0) is 0 Å². The highest BCUT2D eigenvalue weighted by Gasteiger charge is 2.52. The van der Waals surface area contributed by atoms with Gasteiger partial charge in [0.15, 0.2) is 0 Å². The van der Waals surface area contributed by atoms with Crippen LogP contribution in [0.15, 0.2) is 0 Å². The summed E-state index contributed by atoms with van der Waals surface area (Å²) < 4.78 is 0. The minimum absolute atomic E-state index is 0.767. The molecule has 0 heterocycles. The smallest absolute Gasteiger partial charge is 0.0243 e. The molecule has 0 aromatic heterocycles. The Kier molecular flexibility index (Phi) is 2.61. The fourth-order valence-corrected chi connectivity index (χ4v) is 2.66.